The van der Waals surface area contributed by atoms with E-state index in [1.165, 1.54) is 0 Å². The highest BCUT2D eigenvalue weighted by molar-refractivity contribution is 5.77. The topological polar surface area (TPSA) is 53.6 Å². The van der Waals surface area contributed by atoms with Gasteiger partial charge in [-0.15, -0.1) is 0 Å². The Labute approximate surface area is 93.9 Å². The van der Waals surface area contributed by atoms with E-state index in [4.69, 9.17) is 5.73 Å². The van der Waals surface area contributed by atoms with Gasteiger partial charge in [-0.05, 0) is 25.9 Å². The van der Waals surface area contributed by atoms with E-state index in [2.05, 4.69) is 50.1 Å². The molecule has 0 rings (SSSR count). The molecule has 0 saturated carbocycles. The van der Waals surface area contributed by atoms with Crippen molar-refractivity contribution in [3.05, 3.63) is 0 Å². The fraction of sp³-hybridized carbons (Fsp3) is 0.909. The molecule has 0 aromatic rings. The smallest absolute Gasteiger partial charge is 0.188 e. The van der Waals surface area contributed by atoms with Crippen molar-refractivity contribution in [1.29, 1.82) is 0 Å². The molecule has 0 atom stereocenters. The quantitative estimate of drug-likeness (QED) is 0.510. The first-order valence-corrected chi connectivity index (χ1v) is 5.56. The van der Waals surface area contributed by atoms with Gasteiger partial charge in [-0.25, -0.2) is 0 Å². The van der Waals surface area contributed by atoms with E-state index in [0.29, 0.717) is 5.96 Å². The van der Waals surface area contributed by atoms with Gasteiger partial charge >= 0.3 is 0 Å². The van der Waals surface area contributed by atoms with Crippen molar-refractivity contribution in [3.63, 3.8) is 0 Å². The van der Waals surface area contributed by atoms with Crippen molar-refractivity contribution in [3.8, 4) is 0 Å². The minimum Gasteiger partial charge on any atom is -0.370 e. The number of hydrogen-bond acceptors (Lipinski definition) is 2. The summed E-state index contributed by atoms with van der Waals surface area (Å²) >= 11 is 0. The van der Waals surface area contributed by atoms with E-state index in [9.17, 15) is 0 Å². The van der Waals surface area contributed by atoms with Crippen LogP contribution in [-0.4, -0.2) is 44.6 Å². The fourth-order valence-corrected chi connectivity index (χ4v) is 1.51. The molecule has 0 spiro atoms. The van der Waals surface area contributed by atoms with E-state index in [0.717, 1.165) is 26.1 Å². The maximum atomic E-state index is 5.72. The average molecular weight is 214 g/mol. The average Bonchev–Trinajstić information content (AvgIpc) is 2.09. The molecular weight excluding hydrogens is 188 g/mol. The van der Waals surface area contributed by atoms with E-state index < -0.39 is 0 Å². The molecule has 4 nitrogen and oxygen atoms in total. The van der Waals surface area contributed by atoms with Crippen LogP contribution in [0, 0.1) is 5.41 Å². The van der Waals surface area contributed by atoms with Gasteiger partial charge in [0.2, 0.25) is 0 Å². The van der Waals surface area contributed by atoms with Crippen LogP contribution in [-0.2, 0) is 0 Å². The lowest BCUT2D eigenvalue weighted by molar-refractivity contribution is 0.249. The number of guanidine groups is 1. The maximum absolute atomic E-state index is 5.72. The van der Waals surface area contributed by atoms with Crippen molar-refractivity contribution < 1.29 is 0 Å². The second kappa shape index (κ2) is 6.67. The zero-order valence-corrected chi connectivity index (χ0v) is 10.8. The molecule has 0 heterocycles. The van der Waals surface area contributed by atoms with Crippen LogP contribution in [0.15, 0.2) is 4.99 Å². The highest BCUT2D eigenvalue weighted by atomic mass is 15.1. The zero-order chi connectivity index (χ0) is 11.9. The highest BCUT2D eigenvalue weighted by Crippen LogP contribution is 2.15. The number of aliphatic imine (C=N–C) groups is 1. The van der Waals surface area contributed by atoms with Crippen LogP contribution in [0.25, 0.3) is 0 Å². The summed E-state index contributed by atoms with van der Waals surface area (Å²) in [6.07, 6.45) is 1.07. The molecule has 0 aromatic heterocycles. The number of nitrogens with zero attached hydrogens (tertiary/aromatic N) is 2. The molecule has 0 amide bonds. The van der Waals surface area contributed by atoms with Crippen molar-refractivity contribution >= 4 is 5.96 Å². The fourth-order valence-electron chi connectivity index (χ4n) is 1.51. The van der Waals surface area contributed by atoms with Crippen LogP contribution in [0.1, 0.15) is 27.2 Å². The lowest BCUT2D eigenvalue weighted by Crippen LogP contribution is -2.35. The van der Waals surface area contributed by atoms with Crippen molar-refractivity contribution in [1.82, 2.24) is 10.2 Å². The normalized spacial score (nSPS) is 13.3. The molecule has 0 aliphatic heterocycles. The predicted molar refractivity (Wildman–Crippen MR) is 67.1 cm³/mol. The molecule has 0 aromatic carbocycles. The molecule has 4 heteroatoms. The summed E-state index contributed by atoms with van der Waals surface area (Å²) < 4.78 is 0. The number of nitrogens with one attached hydrogen (secondary N) is 1. The summed E-state index contributed by atoms with van der Waals surface area (Å²) in [5.41, 5.74) is 5.89. The molecule has 0 unspecified atom stereocenters. The van der Waals surface area contributed by atoms with Crippen molar-refractivity contribution in [2.75, 3.05) is 33.7 Å². The molecule has 3 N–H and O–H groups in total. The van der Waals surface area contributed by atoms with E-state index in [-0.39, 0.29) is 5.41 Å². The third kappa shape index (κ3) is 8.24. The second-order valence-electron chi connectivity index (χ2n) is 5.03. The molecule has 0 bridgehead atoms. The largest absolute Gasteiger partial charge is 0.370 e. The van der Waals surface area contributed by atoms with E-state index >= 15 is 0 Å². The van der Waals surface area contributed by atoms with Crippen LogP contribution in [0.2, 0.25) is 0 Å². The highest BCUT2D eigenvalue weighted by Gasteiger charge is 2.18. The van der Waals surface area contributed by atoms with Gasteiger partial charge < -0.3 is 16.0 Å². The first-order valence-electron chi connectivity index (χ1n) is 5.56. The standard InChI is InChI=1S/C11H26N4/c1-6-7-13-10(12)14-8-11(2,3)9-15(4)5/h6-9H2,1-5H3,(H3,12,13,14). The Bertz CT molecular complexity index is 197. The van der Waals surface area contributed by atoms with E-state index in [1.54, 1.807) is 0 Å². The molecule has 15 heavy (non-hydrogen) atoms. The van der Waals surface area contributed by atoms with Crippen LogP contribution in [0.3, 0.4) is 0 Å². The lowest BCUT2D eigenvalue weighted by Gasteiger charge is -2.26. The predicted octanol–water partition coefficient (Wildman–Crippen LogP) is 0.889. The van der Waals surface area contributed by atoms with Gasteiger partial charge in [-0.3, -0.25) is 4.99 Å². The number of rotatable bonds is 6. The minimum atomic E-state index is 0.169. The Morgan fingerprint density at radius 2 is 2.00 bits per heavy atom. The van der Waals surface area contributed by atoms with Gasteiger partial charge in [0.1, 0.15) is 0 Å². The summed E-state index contributed by atoms with van der Waals surface area (Å²) in [4.78, 5) is 6.51. The number of hydrogen-bond donors (Lipinski definition) is 2. The molecule has 0 radical (unpaired) electrons. The monoisotopic (exact) mass is 214 g/mol. The Morgan fingerprint density at radius 1 is 1.40 bits per heavy atom. The molecule has 0 saturated heterocycles. The second-order valence-corrected chi connectivity index (χ2v) is 5.03. The summed E-state index contributed by atoms with van der Waals surface area (Å²) in [5.74, 6) is 0.559. The van der Waals surface area contributed by atoms with Crippen LogP contribution >= 0.6 is 0 Å². The first kappa shape index (κ1) is 14.2. The Balaban J connectivity index is 3.99. The van der Waals surface area contributed by atoms with Gasteiger partial charge in [0, 0.05) is 19.6 Å². The third-order valence-electron chi connectivity index (χ3n) is 1.98. The van der Waals surface area contributed by atoms with Crippen molar-refractivity contribution in [2.45, 2.75) is 27.2 Å². The SMILES string of the molecule is CCCNC(N)=NCC(C)(C)CN(C)C. The van der Waals surface area contributed by atoms with Crippen LogP contribution in [0.4, 0.5) is 0 Å². The summed E-state index contributed by atoms with van der Waals surface area (Å²) in [7, 11) is 4.15. The molecule has 0 aliphatic carbocycles. The van der Waals surface area contributed by atoms with Crippen molar-refractivity contribution in [2.24, 2.45) is 16.1 Å². The summed E-state index contributed by atoms with van der Waals surface area (Å²) in [5, 5.41) is 3.07. The Morgan fingerprint density at radius 3 is 2.47 bits per heavy atom. The molecular formula is C11H26N4. The Kier molecular flexibility index (Phi) is 6.32. The van der Waals surface area contributed by atoms with Gasteiger partial charge in [0.25, 0.3) is 0 Å². The maximum Gasteiger partial charge on any atom is 0.188 e. The van der Waals surface area contributed by atoms with Crippen LogP contribution in [0.5, 0.6) is 0 Å². The Hall–Kier alpha value is -0.770. The lowest BCUT2D eigenvalue weighted by atomic mass is 9.93. The van der Waals surface area contributed by atoms with E-state index in [1.807, 2.05) is 0 Å². The summed E-state index contributed by atoms with van der Waals surface area (Å²) in [6, 6.07) is 0. The van der Waals surface area contributed by atoms with Gasteiger partial charge in [0.15, 0.2) is 5.96 Å². The number of nitrogens with two attached hydrogens (primary N) is 1. The van der Waals surface area contributed by atoms with Gasteiger partial charge in [-0.2, -0.15) is 0 Å². The molecule has 0 aliphatic rings. The summed E-state index contributed by atoms with van der Waals surface area (Å²) in [6.45, 7) is 9.16. The zero-order valence-electron chi connectivity index (χ0n) is 10.8. The third-order valence-corrected chi connectivity index (χ3v) is 1.98. The molecule has 0 fully saturated rings. The van der Waals surface area contributed by atoms with Crippen LogP contribution < -0.4 is 11.1 Å². The molecule has 90 valence electrons. The van der Waals surface area contributed by atoms with Gasteiger partial charge in [-0.1, -0.05) is 20.8 Å². The van der Waals surface area contributed by atoms with Gasteiger partial charge in [0.05, 0.1) is 0 Å². The minimum absolute atomic E-state index is 0.169. The first-order chi connectivity index (χ1) is 6.87.